The van der Waals surface area contributed by atoms with Gasteiger partial charge >= 0.3 is 6.18 Å². The van der Waals surface area contributed by atoms with Gasteiger partial charge in [0.05, 0.1) is 5.56 Å². The Labute approximate surface area is 158 Å². The fraction of sp³-hybridized carbons (Fsp3) is 0.368. The summed E-state index contributed by atoms with van der Waals surface area (Å²) in [6.07, 6.45) is 1.05. The summed E-state index contributed by atoms with van der Waals surface area (Å²) in [7, 11) is 0. The van der Waals surface area contributed by atoms with Crippen molar-refractivity contribution in [2.24, 2.45) is 0 Å². The molecule has 1 amide bonds. The predicted octanol–water partition coefficient (Wildman–Crippen LogP) is 4.54. The number of benzene rings is 1. The highest BCUT2D eigenvalue weighted by Gasteiger charge is 2.31. The highest BCUT2D eigenvalue weighted by Crippen LogP contribution is 2.35. The zero-order chi connectivity index (χ0) is 19.4. The topological polar surface area (TPSA) is 51.1 Å². The Balaban J connectivity index is 1.61. The zero-order valence-electron chi connectivity index (χ0n) is 14.5. The number of amides is 1. The molecule has 2 aromatic rings. The minimum absolute atomic E-state index is 0.485. The van der Waals surface area contributed by atoms with Gasteiger partial charge in [-0.15, -0.1) is 11.8 Å². The fourth-order valence-electron chi connectivity index (χ4n) is 2.99. The number of carbonyl (C=O) groups is 1. The number of thioether (sulfide) groups is 1. The molecule has 0 spiro atoms. The smallest absolute Gasteiger partial charge is 0.325 e. The van der Waals surface area contributed by atoms with Gasteiger partial charge in [0.25, 0.3) is 5.56 Å². The lowest BCUT2D eigenvalue weighted by Crippen LogP contribution is -2.28. The summed E-state index contributed by atoms with van der Waals surface area (Å²) in [5, 5.41) is 3.24. The lowest BCUT2D eigenvalue weighted by Gasteiger charge is -2.12. The number of anilines is 1. The van der Waals surface area contributed by atoms with Gasteiger partial charge in [-0.1, -0.05) is 12.8 Å². The van der Waals surface area contributed by atoms with E-state index in [-0.39, 0.29) is 0 Å². The average Bonchev–Trinajstić information content (AvgIpc) is 3.10. The van der Waals surface area contributed by atoms with Gasteiger partial charge in [-0.3, -0.25) is 9.59 Å². The second-order valence-electron chi connectivity index (χ2n) is 6.48. The molecular weight excluding hydrogens is 377 g/mol. The maximum atomic E-state index is 12.7. The van der Waals surface area contributed by atoms with Gasteiger partial charge < -0.3 is 9.88 Å². The number of nitrogens with one attached hydrogen (secondary N) is 1. The van der Waals surface area contributed by atoms with Crippen molar-refractivity contribution < 1.29 is 18.0 Å². The van der Waals surface area contributed by atoms with Crippen molar-refractivity contribution >= 4 is 23.4 Å². The maximum absolute atomic E-state index is 12.7. The Morgan fingerprint density at radius 1 is 1.11 bits per heavy atom. The highest BCUT2D eigenvalue weighted by molar-refractivity contribution is 8.00. The predicted molar refractivity (Wildman–Crippen MR) is 98.9 cm³/mol. The van der Waals surface area contributed by atoms with Crippen molar-refractivity contribution in [1.29, 1.82) is 0 Å². The molecule has 0 unspecified atom stereocenters. The standard InChI is InChI=1S/C19H19F3N2O2S/c20-19(21,22)13-5-10-18(26)24(11-13)12-17(25)23-14-6-8-16(9-7-14)27-15-3-1-2-4-15/h5-11,15H,1-4,12H2,(H,23,25). The molecule has 1 N–H and O–H groups in total. The molecule has 0 atom stereocenters. The molecule has 1 aliphatic rings. The summed E-state index contributed by atoms with van der Waals surface area (Å²) in [6.45, 7) is -0.485. The Bertz CT molecular complexity index is 856. The quantitative estimate of drug-likeness (QED) is 0.807. The maximum Gasteiger partial charge on any atom is 0.417 e. The van der Waals surface area contributed by atoms with Crippen LogP contribution >= 0.6 is 11.8 Å². The lowest BCUT2D eigenvalue weighted by molar-refractivity contribution is -0.138. The summed E-state index contributed by atoms with van der Waals surface area (Å²) >= 11 is 1.82. The van der Waals surface area contributed by atoms with Gasteiger partial charge in [0.2, 0.25) is 5.91 Å². The van der Waals surface area contributed by atoms with Crippen molar-refractivity contribution in [3.05, 3.63) is 58.5 Å². The number of pyridine rings is 1. The summed E-state index contributed by atoms with van der Waals surface area (Å²) in [4.78, 5) is 24.9. The molecule has 1 aliphatic carbocycles. The Kier molecular flexibility index (Phi) is 5.94. The van der Waals surface area contributed by atoms with Crippen LogP contribution in [-0.2, 0) is 17.5 Å². The molecule has 0 radical (unpaired) electrons. The molecule has 4 nitrogen and oxygen atoms in total. The molecule has 0 bridgehead atoms. The number of nitrogens with zero attached hydrogens (tertiary/aromatic N) is 1. The van der Waals surface area contributed by atoms with Crippen LogP contribution in [0.1, 0.15) is 31.2 Å². The first-order valence-corrected chi connectivity index (χ1v) is 9.53. The number of rotatable bonds is 5. The van der Waals surface area contributed by atoms with Crippen LogP contribution in [0.3, 0.4) is 0 Å². The van der Waals surface area contributed by atoms with Crippen molar-refractivity contribution in [3.63, 3.8) is 0 Å². The van der Waals surface area contributed by atoms with E-state index in [0.29, 0.717) is 23.2 Å². The minimum Gasteiger partial charge on any atom is -0.325 e. The number of alkyl halides is 3. The van der Waals surface area contributed by atoms with E-state index in [4.69, 9.17) is 0 Å². The third-order valence-electron chi connectivity index (χ3n) is 4.37. The monoisotopic (exact) mass is 396 g/mol. The Morgan fingerprint density at radius 2 is 1.78 bits per heavy atom. The van der Waals surface area contributed by atoms with E-state index in [1.807, 2.05) is 23.9 Å². The number of hydrogen-bond donors (Lipinski definition) is 1. The van der Waals surface area contributed by atoms with E-state index in [0.717, 1.165) is 15.5 Å². The van der Waals surface area contributed by atoms with Crippen molar-refractivity contribution in [3.8, 4) is 0 Å². The largest absolute Gasteiger partial charge is 0.417 e. The number of aromatic nitrogens is 1. The first-order chi connectivity index (χ1) is 12.8. The normalized spacial score (nSPS) is 15.1. The van der Waals surface area contributed by atoms with Crippen molar-refractivity contribution in [1.82, 2.24) is 4.57 Å². The summed E-state index contributed by atoms with van der Waals surface area (Å²) < 4.78 is 39.0. The van der Waals surface area contributed by atoms with Crippen LogP contribution < -0.4 is 10.9 Å². The Hall–Kier alpha value is -2.22. The van der Waals surface area contributed by atoms with Gasteiger partial charge in [-0.2, -0.15) is 13.2 Å². The fourth-order valence-corrected chi connectivity index (χ4v) is 4.24. The first-order valence-electron chi connectivity index (χ1n) is 8.65. The van der Waals surface area contributed by atoms with Crippen molar-refractivity contribution in [2.45, 2.75) is 48.5 Å². The number of carbonyl (C=O) groups excluding carboxylic acids is 1. The van der Waals surface area contributed by atoms with Gasteiger partial charge in [0.15, 0.2) is 0 Å². The highest BCUT2D eigenvalue weighted by atomic mass is 32.2. The molecule has 1 saturated carbocycles. The van der Waals surface area contributed by atoms with Crippen LogP contribution in [0, 0.1) is 0 Å². The average molecular weight is 396 g/mol. The zero-order valence-corrected chi connectivity index (χ0v) is 15.3. The molecular formula is C19H19F3N2O2S. The summed E-state index contributed by atoms with van der Waals surface area (Å²) in [6, 6.07) is 8.85. The molecule has 3 rings (SSSR count). The van der Waals surface area contributed by atoms with Crippen LogP contribution in [0.5, 0.6) is 0 Å². The molecule has 0 aliphatic heterocycles. The second-order valence-corrected chi connectivity index (χ2v) is 7.85. The van der Waals surface area contributed by atoms with Crippen LogP contribution in [0.2, 0.25) is 0 Å². The second kappa shape index (κ2) is 8.21. The molecule has 1 heterocycles. The third-order valence-corrected chi connectivity index (χ3v) is 5.72. The minimum atomic E-state index is -4.57. The van der Waals surface area contributed by atoms with E-state index >= 15 is 0 Å². The van der Waals surface area contributed by atoms with Crippen LogP contribution in [-0.4, -0.2) is 15.7 Å². The molecule has 0 saturated heterocycles. The van der Waals surface area contributed by atoms with E-state index in [1.54, 1.807) is 12.1 Å². The van der Waals surface area contributed by atoms with E-state index in [9.17, 15) is 22.8 Å². The first kappa shape index (κ1) is 19.5. The van der Waals surface area contributed by atoms with Crippen LogP contribution in [0.25, 0.3) is 0 Å². The summed E-state index contributed by atoms with van der Waals surface area (Å²) in [5.74, 6) is -0.562. The van der Waals surface area contributed by atoms with Crippen molar-refractivity contribution in [2.75, 3.05) is 5.32 Å². The van der Waals surface area contributed by atoms with Gasteiger partial charge in [-0.05, 0) is 43.2 Å². The molecule has 1 aromatic heterocycles. The molecule has 27 heavy (non-hydrogen) atoms. The van der Waals surface area contributed by atoms with Crippen LogP contribution in [0.15, 0.2) is 52.3 Å². The molecule has 8 heteroatoms. The Morgan fingerprint density at radius 3 is 2.41 bits per heavy atom. The third kappa shape index (κ3) is 5.38. The van der Waals surface area contributed by atoms with Crippen LogP contribution in [0.4, 0.5) is 18.9 Å². The van der Waals surface area contributed by atoms with E-state index in [2.05, 4.69) is 5.32 Å². The SMILES string of the molecule is O=C(Cn1cc(C(F)(F)F)ccc1=O)Nc1ccc(SC2CCCC2)cc1. The lowest BCUT2D eigenvalue weighted by atomic mass is 10.2. The van der Waals surface area contributed by atoms with E-state index < -0.39 is 29.8 Å². The molecule has 144 valence electrons. The van der Waals surface area contributed by atoms with Gasteiger partial charge in [-0.25, -0.2) is 0 Å². The number of halogens is 3. The number of hydrogen-bond acceptors (Lipinski definition) is 3. The van der Waals surface area contributed by atoms with Gasteiger partial charge in [0, 0.05) is 28.1 Å². The van der Waals surface area contributed by atoms with E-state index in [1.165, 1.54) is 25.7 Å². The summed E-state index contributed by atoms with van der Waals surface area (Å²) in [5.41, 5.74) is -1.10. The molecule has 1 fully saturated rings. The molecule has 1 aromatic carbocycles. The van der Waals surface area contributed by atoms with Gasteiger partial charge in [0.1, 0.15) is 6.54 Å².